The van der Waals surface area contributed by atoms with Gasteiger partial charge in [0.1, 0.15) is 5.75 Å². The van der Waals surface area contributed by atoms with Crippen molar-refractivity contribution in [3.05, 3.63) is 41.5 Å². The largest absolute Gasteiger partial charge is 0.483 e. The van der Waals surface area contributed by atoms with Crippen LogP contribution in [0.25, 0.3) is 0 Å². The molecule has 1 saturated heterocycles. The molecule has 0 radical (unpaired) electrons. The Kier molecular flexibility index (Phi) is 7.04. The molecule has 5 heteroatoms. The van der Waals surface area contributed by atoms with Gasteiger partial charge >= 0.3 is 0 Å². The molecule has 1 aromatic rings. The summed E-state index contributed by atoms with van der Waals surface area (Å²) in [4.78, 5) is 26.1. The molecule has 25 heavy (non-hydrogen) atoms. The van der Waals surface area contributed by atoms with Gasteiger partial charge in [0.25, 0.3) is 5.91 Å². The highest BCUT2D eigenvalue weighted by Crippen LogP contribution is 2.27. The van der Waals surface area contributed by atoms with Crippen LogP contribution in [0.5, 0.6) is 5.75 Å². The van der Waals surface area contributed by atoms with Crippen LogP contribution in [0.15, 0.2) is 35.9 Å². The van der Waals surface area contributed by atoms with Crippen LogP contribution in [0.3, 0.4) is 0 Å². The SMILES string of the molecule is CCC(NC(=O)C=C(C)C)c1ccccc1OCC(=O)N1CCCC1. The van der Waals surface area contributed by atoms with Crippen molar-refractivity contribution >= 4 is 11.8 Å². The second-order valence-corrected chi connectivity index (χ2v) is 6.61. The lowest BCUT2D eigenvalue weighted by molar-refractivity contribution is -0.132. The predicted molar refractivity (Wildman–Crippen MR) is 98.4 cm³/mol. The molecule has 0 bridgehead atoms. The van der Waals surface area contributed by atoms with E-state index in [2.05, 4.69) is 5.32 Å². The van der Waals surface area contributed by atoms with E-state index in [0.717, 1.165) is 43.5 Å². The van der Waals surface area contributed by atoms with E-state index < -0.39 is 0 Å². The van der Waals surface area contributed by atoms with Crippen molar-refractivity contribution in [2.45, 2.75) is 46.1 Å². The third kappa shape index (κ3) is 5.62. The molecule has 5 nitrogen and oxygen atoms in total. The molecule has 1 aliphatic rings. The van der Waals surface area contributed by atoms with Gasteiger partial charge in [0.05, 0.1) is 6.04 Å². The quantitative estimate of drug-likeness (QED) is 0.773. The van der Waals surface area contributed by atoms with E-state index in [1.165, 1.54) is 0 Å². The van der Waals surface area contributed by atoms with Crippen molar-refractivity contribution in [3.63, 3.8) is 0 Å². The lowest BCUT2D eigenvalue weighted by Gasteiger charge is -2.21. The van der Waals surface area contributed by atoms with Gasteiger partial charge in [-0.1, -0.05) is 30.7 Å². The summed E-state index contributed by atoms with van der Waals surface area (Å²) in [6.07, 6.45) is 4.46. The summed E-state index contributed by atoms with van der Waals surface area (Å²) in [5, 5.41) is 3.01. The van der Waals surface area contributed by atoms with Crippen molar-refractivity contribution in [1.82, 2.24) is 10.2 Å². The molecule has 1 atom stereocenters. The molecule has 1 N–H and O–H groups in total. The molecule has 136 valence electrons. The topological polar surface area (TPSA) is 58.6 Å². The Hall–Kier alpha value is -2.30. The van der Waals surface area contributed by atoms with Crippen molar-refractivity contribution in [1.29, 1.82) is 0 Å². The smallest absolute Gasteiger partial charge is 0.260 e. The lowest BCUT2D eigenvalue weighted by Crippen LogP contribution is -2.32. The number of nitrogens with zero attached hydrogens (tertiary/aromatic N) is 1. The molecule has 1 aliphatic heterocycles. The molecule has 0 aromatic heterocycles. The first-order valence-electron chi connectivity index (χ1n) is 8.96. The summed E-state index contributed by atoms with van der Waals surface area (Å²) in [6.45, 7) is 7.47. The van der Waals surface area contributed by atoms with Gasteiger partial charge in [-0.15, -0.1) is 0 Å². The van der Waals surface area contributed by atoms with Crippen molar-refractivity contribution < 1.29 is 14.3 Å². The molecular weight excluding hydrogens is 316 g/mol. The Morgan fingerprint density at radius 3 is 2.56 bits per heavy atom. The lowest BCUT2D eigenvalue weighted by atomic mass is 10.0. The third-order valence-electron chi connectivity index (χ3n) is 4.25. The normalized spacial score (nSPS) is 14.8. The van der Waals surface area contributed by atoms with Crippen LogP contribution >= 0.6 is 0 Å². The first-order chi connectivity index (χ1) is 12.0. The monoisotopic (exact) mass is 344 g/mol. The van der Waals surface area contributed by atoms with Crippen LogP contribution in [-0.4, -0.2) is 36.4 Å². The van der Waals surface area contributed by atoms with Crippen LogP contribution in [-0.2, 0) is 9.59 Å². The molecule has 0 spiro atoms. The molecule has 2 amide bonds. The Morgan fingerprint density at radius 2 is 1.92 bits per heavy atom. The van der Waals surface area contributed by atoms with Gasteiger partial charge in [-0.05, 0) is 39.2 Å². The van der Waals surface area contributed by atoms with E-state index in [0.29, 0.717) is 5.75 Å². The molecule has 0 saturated carbocycles. The number of ether oxygens (including phenoxy) is 1. The molecule has 1 fully saturated rings. The van der Waals surface area contributed by atoms with Gasteiger partial charge in [-0.2, -0.15) is 0 Å². The number of allylic oxidation sites excluding steroid dienone is 1. The van der Waals surface area contributed by atoms with Crippen molar-refractivity contribution in [3.8, 4) is 5.75 Å². The minimum Gasteiger partial charge on any atom is -0.483 e. The van der Waals surface area contributed by atoms with Crippen molar-refractivity contribution in [2.24, 2.45) is 0 Å². The van der Waals surface area contributed by atoms with Crippen molar-refractivity contribution in [2.75, 3.05) is 19.7 Å². The maximum Gasteiger partial charge on any atom is 0.260 e. The number of hydrogen-bond donors (Lipinski definition) is 1. The maximum atomic E-state index is 12.2. The summed E-state index contributed by atoms with van der Waals surface area (Å²) in [5.41, 5.74) is 1.85. The van der Waals surface area contributed by atoms with Gasteiger partial charge < -0.3 is 15.0 Å². The van der Waals surface area contributed by atoms with E-state index in [-0.39, 0.29) is 24.5 Å². The fourth-order valence-electron chi connectivity index (χ4n) is 2.97. The average molecular weight is 344 g/mol. The first-order valence-corrected chi connectivity index (χ1v) is 8.96. The predicted octanol–water partition coefficient (Wildman–Crippen LogP) is 3.22. The number of amides is 2. The maximum absolute atomic E-state index is 12.2. The van der Waals surface area contributed by atoms with Gasteiger partial charge in [0.2, 0.25) is 5.91 Å². The molecule has 1 unspecified atom stereocenters. The standard InChI is InChI=1S/C20H28N2O3/c1-4-17(21-19(23)13-15(2)3)16-9-5-6-10-18(16)25-14-20(24)22-11-7-8-12-22/h5-6,9-10,13,17H,4,7-8,11-12,14H2,1-3H3,(H,21,23). The molecule has 0 aliphatic carbocycles. The number of nitrogens with one attached hydrogen (secondary N) is 1. The second-order valence-electron chi connectivity index (χ2n) is 6.61. The van der Waals surface area contributed by atoms with Crippen LogP contribution in [0, 0.1) is 0 Å². The van der Waals surface area contributed by atoms with Crippen LogP contribution in [0.2, 0.25) is 0 Å². The van der Waals surface area contributed by atoms with E-state index in [1.54, 1.807) is 6.08 Å². The summed E-state index contributed by atoms with van der Waals surface area (Å²) >= 11 is 0. The number of likely N-dealkylation sites (tertiary alicyclic amines) is 1. The Morgan fingerprint density at radius 1 is 1.24 bits per heavy atom. The Bertz CT molecular complexity index is 630. The number of benzene rings is 1. The summed E-state index contributed by atoms with van der Waals surface area (Å²) in [7, 11) is 0. The number of carbonyl (C=O) groups is 2. The number of carbonyl (C=O) groups excluding carboxylic acids is 2. The molecular formula is C20H28N2O3. The minimum atomic E-state index is -0.152. The molecule has 1 heterocycles. The van der Waals surface area contributed by atoms with Crippen LogP contribution in [0.4, 0.5) is 0 Å². The van der Waals surface area contributed by atoms with E-state index in [4.69, 9.17) is 4.74 Å². The van der Waals surface area contributed by atoms with E-state index >= 15 is 0 Å². The summed E-state index contributed by atoms with van der Waals surface area (Å²) in [5.74, 6) is 0.558. The highest BCUT2D eigenvalue weighted by atomic mass is 16.5. The third-order valence-corrected chi connectivity index (χ3v) is 4.25. The molecule has 2 rings (SSSR count). The fraction of sp³-hybridized carbons (Fsp3) is 0.500. The summed E-state index contributed by atoms with van der Waals surface area (Å²) in [6, 6.07) is 7.43. The highest BCUT2D eigenvalue weighted by molar-refractivity contribution is 5.88. The van der Waals surface area contributed by atoms with E-state index in [9.17, 15) is 9.59 Å². The van der Waals surface area contributed by atoms with Gasteiger partial charge in [-0.25, -0.2) is 0 Å². The van der Waals surface area contributed by atoms with Crippen LogP contribution < -0.4 is 10.1 Å². The Balaban J connectivity index is 2.05. The zero-order valence-electron chi connectivity index (χ0n) is 15.4. The average Bonchev–Trinajstić information content (AvgIpc) is 3.12. The van der Waals surface area contributed by atoms with E-state index in [1.807, 2.05) is 49.9 Å². The van der Waals surface area contributed by atoms with Crippen LogP contribution in [0.1, 0.15) is 51.6 Å². The highest BCUT2D eigenvalue weighted by Gasteiger charge is 2.20. The molecule has 1 aromatic carbocycles. The fourth-order valence-corrected chi connectivity index (χ4v) is 2.97. The zero-order valence-corrected chi connectivity index (χ0v) is 15.4. The number of para-hydroxylation sites is 1. The zero-order chi connectivity index (χ0) is 18.2. The van der Waals surface area contributed by atoms with Gasteiger partial charge in [-0.3, -0.25) is 9.59 Å². The second kappa shape index (κ2) is 9.25. The van der Waals surface area contributed by atoms with Gasteiger partial charge in [0, 0.05) is 24.7 Å². The summed E-state index contributed by atoms with van der Waals surface area (Å²) < 4.78 is 5.80. The first kappa shape index (κ1) is 19.0. The number of rotatable bonds is 7. The Labute approximate surface area is 150 Å². The minimum absolute atomic E-state index is 0.0222. The van der Waals surface area contributed by atoms with Gasteiger partial charge in [0.15, 0.2) is 6.61 Å². The number of hydrogen-bond acceptors (Lipinski definition) is 3.